The van der Waals surface area contributed by atoms with Crippen LogP contribution in [0, 0.1) is 33.1 Å². The number of ether oxygens (including phenoxy) is 1. The van der Waals surface area contributed by atoms with Gasteiger partial charge in [-0.3, -0.25) is 33.5 Å². The molecular formula is C59H64ClN9O7S2. The van der Waals surface area contributed by atoms with Crippen molar-refractivity contribution < 1.29 is 29.0 Å². The zero-order valence-electron chi connectivity index (χ0n) is 44.9. The Bertz CT molecular complexity index is 3450. The number of nitrogens with zero attached hydrogens (tertiary/aromatic N) is 6. The summed E-state index contributed by atoms with van der Waals surface area (Å²) in [6, 6.07) is 25.7. The van der Waals surface area contributed by atoms with Gasteiger partial charge in [-0.1, -0.05) is 93.0 Å². The molecule has 0 aliphatic carbocycles. The normalized spacial score (nSPS) is 16.9. The van der Waals surface area contributed by atoms with Crippen molar-refractivity contribution in [2.24, 2.45) is 10.4 Å². The van der Waals surface area contributed by atoms with Gasteiger partial charge in [0.1, 0.15) is 35.6 Å². The van der Waals surface area contributed by atoms with Crippen molar-refractivity contribution in [1.82, 2.24) is 40.2 Å². The number of aliphatic hydroxyl groups excluding tert-OH is 1. The van der Waals surface area contributed by atoms with Gasteiger partial charge in [0.25, 0.3) is 5.56 Å². The second kappa shape index (κ2) is 23.5. The number of benzene rings is 3. The number of nitrogens with one attached hydrogen (secondary N) is 3. The molecule has 1 saturated heterocycles. The topological polar surface area (TPSA) is 202 Å². The lowest BCUT2D eigenvalue weighted by molar-refractivity contribution is -0.144. The van der Waals surface area contributed by atoms with Crippen molar-refractivity contribution in [3.05, 3.63) is 168 Å². The van der Waals surface area contributed by atoms with Crippen LogP contribution in [0.25, 0.3) is 26.6 Å². The van der Waals surface area contributed by atoms with Crippen molar-refractivity contribution in [2.75, 3.05) is 19.8 Å². The van der Waals surface area contributed by atoms with Gasteiger partial charge in [-0.25, -0.2) is 0 Å². The highest BCUT2D eigenvalue weighted by molar-refractivity contribution is 7.15. The van der Waals surface area contributed by atoms with E-state index >= 15 is 0 Å². The van der Waals surface area contributed by atoms with E-state index in [-0.39, 0.29) is 69.1 Å². The van der Waals surface area contributed by atoms with E-state index in [2.05, 4.69) is 58.4 Å². The molecule has 0 unspecified atom stereocenters. The number of carbonyl (C=O) groups is 4. The minimum atomic E-state index is -1.02. The highest BCUT2D eigenvalue weighted by Gasteiger charge is 2.44. The molecular weight excluding hydrogens is 1050 g/mol. The van der Waals surface area contributed by atoms with Gasteiger partial charge in [-0.15, -0.1) is 32.9 Å². The van der Waals surface area contributed by atoms with Gasteiger partial charge in [0.2, 0.25) is 23.6 Å². The number of hydrogen-bond donors (Lipinski definition) is 4. The van der Waals surface area contributed by atoms with E-state index in [1.807, 2.05) is 118 Å². The fourth-order valence-electron chi connectivity index (χ4n) is 9.93. The molecule has 4 amide bonds. The van der Waals surface area contributed by atoms with E-state index < -0.39 is 41.5 Å². The molecule has 0 bridgehead atoms. The predicted molar refractivity (Wildman–Crippen MR) is 305 cm³/mol. The highest BCUT2D eigenvalue weighted by Crippen LogP contribution is 2.40. The van der Waals surface area contributed by atoms with Crippen molar-refractivity contribution in [3.63, 3.8) is 0 Å². The monoisotopic (exact) mass is 1110 g/mol. The molecule has 2 aliphatic rings. The second-order valence-electron chi connectivity index (χ2n) is 21.1. The smallest absolute Gasteiger partial charge is 0.251 e. The number of likely N-dealkylation sites (tertiary alicyclic amines) is 1. The number of thiophene rings is 2. The Balaban J connectivity index is 0.760. The lowest BCUT2D eigenvalue weighted by atomic mass is 9.85. The number of rotatable bonds is 17. The first kappa shape index (κ1) is 55.7. The number of carbonyl (C=O) groups excluding carboxylic acids is 4. The summed E-state index contributed by atoms with van der Waals surface area (Å²) >= 11 is 9.61. The van der Waals surface area contributed by atoms with E-state index in [1.54, 1.807) is 28.9 Å². The van der Waals surface area contributed by atoms with Gasteiger partial charge >= 0.3 is 0 Å². The molecule has 4 aromatic heterocycles. The van der Waals surface area contributed by atoms with Crippen LogP contribution in [0.1, 0.15) is 103 Å². The van der Waals surface area contributed by atoms with Crippen LogP contribution in [0.3, 0.4) is 0 Å². The predicted octanol–water partition coefficient (Wildman–Crippen LogP) is 8.76. The van der Waals surface area contributed by atoms with Gasteiger partial charge in [0.05, 0.1) is 30.9 Å². The number of aliphatic imine (C=N–C) groups is 1. The Labute approximate surface area is 466 Å². The van der Waals surface area contributed by atoms with Crippen molar-refractivity contribution >= 4 is 63.6 Å². The van der Waals surface area contributed by atoms with Crippen LogP contribution in [-0.4, -0.2) is 96.6 Å². The number of hydrogen-bond acceptors (Lipinski definition) is 12. The lowest BCUT2D eigenvalue weighted by Gasteiger charge is -2.35. The maximum Gasteiger partial charge on any atom is 0.251 e. The molecule has 19 heteroatoms. The van der Waals surface area contributed by atoms with Crippen molar-refractivity contribution in [2.45, 2.75) is 112 Å². The molecule has 5 atom stereocenters. The molecule has 1 fully saturated rings. The third kappa shape index (κ3) is 12.3. The number of fused-ring (bicyclic) bond motifs is 3. The number of pyridine rings is 1. The van der Waals surface area contributed by atoms with Crippen LogP contribution in [0.4, 0.5) is 0 Å². The van der Waals surface area contributed by atoms with E-state index in [9.17, 15) is 29.1 Å². The summed E-state index contributed by atoms with van der Waals surface area (Å²) in [6.07, 6.45) is 0.889. The number of β-amino-alcohol motifs (C(OH)–C–C–N with tert-alkyl or cyclic N) is 1. The fraction of sp³-hybridized carbons (Fsp3) is 0.356. The number of amides is 4. The molecule has 7 aromatic rings. The average molecular weight is 1110 g/mol. The van der Waals surface area contributed by atoms with Crippen LogP contribution >= 0.6 is 34.3 Å². The number of aliphatic hydroxyl groups is 1. The third-order valence-electron chi connectivity index (χ3n) is 14.4. The Morgan fingerprint density at radius 2 is 1.58 bits per heavy atom. The molecule has 6 heterocycles. The van der Waals surface area contributed by atoms with Gasteiger partial charge in [0.15, 0.2) is 5.82 Å². The summed E-state index contributed by atoms with van der Waals surface area (Å²) < 4.78 is 9.21. The molecule has 4 N–H and O–H groups in total. The van der Waals surface area contributed by atoms with Crippen molar-refractivity contribution in [1.29, 1.82) is 0 Å². The quantitative estimate of drug-likeness (QED) is 0.0644. The van der Waals surface area contributed by atoms with Gasteiger partial charge < -0.3 is 35.3 Å². The van der Waals surface area contributed by atoms with E-state index in [0.29, 0.717) is 22.2 Å². The second-order valence-corrected chi connectivity index (χ2v) is 23.7. The summed E-state index contributed by atoms with van der Waals surface area (Å²) in [7, 11) is 0. The van der Waals surface area contributed by atoms with E-state index in [1.165, 1.54) is 26.0 Å². The van der Waals surface area contributed by atoms with Gasteiger partial charge in [0, 0.05) is 64.2 Å². The highest BCUT2D eigenvalue weighted by atomic mass is 35.5. The molecule has 0 radical (unpaired) electrons. The first-order valence-corrected chi connectivity index (χ1v) is 28.0. The van der Waals surface area contributed by atoms with Crippen LogP contribution in [0.15, 0.2) is 112 Å². The first-order chi connectivity index (χ1) is 37.2. The summed E-state index contributed by atoms with van der Waals surface area (Å²) in [5, 5.41) is 32.1. The standard InChI is InChI=1S/C59H64ClN9O7S2/c1-33-22-26-77-53(33)42-11-9-38(10-12-42)30-61-56(74)47-28-45(70)31-68(47)57(75)54(59(6,7)8)64-49(72)32-76-25-24-67-23-21-43(27-50(67)73)40-15-13-39(14-16-40)35(3)62-48(71)29-46-55-66-65-37(5)69(55)58-51(34(2)36(4)78-58)52(63-46)41-17-19-44(60)20-18-41/h9-23,26-27,35,45-47,54,70H,24-25,28-32H2,1-8H3,(H,61,74)(H,62,71)(H,64,72)/t35-,45-,46+,47+,54-/m1/s1. The van der Waals surface area contributed by atoms with Crippen LogP contribution in [0.2, 0.25) is 5.02 Å². The van der Waals surface area contributed by atoms with Crippen LogP contribution in [-0.2, 0) is 37.0 Å². The maximum atomic E-state index is 14.1. The number of halogens is 1. The Hall–Kier alpha value is -7.09. The largest absolute Gasteiger partial charge is 0.391 e. The fourth-order valence-corrected chi connectivity index (χ4v) is 12.2. The van der Waals surface area contributed by atoms with Crippen LogP contribution in [0.5, 0.6) is 0 Å². The average Bonchev–Trinajstić information content (AvgIpc) is 4.19. The third-order valence-corrected chi connectivity index (χ3v) is 16.9. The van der Waals surface area contributed by atoms with E-state index in [4.69, 9.17) is 21.3 Å². The SMILES string of the molecule is Cc1ccsc1-c1ccc(CNC(=O)[C@@H]2C[C@@H](O)CN2C(=O)[C@@H](NC(=O)COCCn2ccc(-c3ccc([C@@H](C)NC(=O)C[C@@H]4N=C(c5ccc(Cl)cc5)c5c(sc(C)c5C)-n5c(C)nnc54)cc3)cc2=O)C(C)(C)C)cc1. The molecule has 2 aliphatic heterocycles. The summed E-state index contributed by atoms with van der Waals surface area (Å²) in [5.74, 6) is -0.288. The maximum absolute atomic E-state index is 14.1. The van der Waals surface area contributed by atoms with Crippen molar-refractivity contribution in [3.8, 4) is 26.6 Å². The van der Waals surface area contributed by atoms with Crippen LogP contribution < -0.4 is 21.5 Å². The minimum Gasteiger partial charge on any atom is -0.391 e. The Morgan fingerprint density at radius 1 is 0.872 bits per heavy atom. The van der Waals surface area contributed by atoms with Gasteiger partial charge in [-0.2, -0.15) is 0 Å². The summed E-state index contributed by atoms with van der Waals surface area (Å²) in [5.41, 5.74) is 8.35. The Kier molecular flexibility index (Phi) is 16.8. The number of aryl methyl sites for hydroxylation is 3. The molecule has 0 spiro atoms. The lowest BCUT2D eigenvalue weighted by Crippen LogP contribution is -2.58. The van der Waals surface area contributed by atoms with E-state index in [0.717, 1.165) is 54.5 Å². The molecule has 3 aromatic carbocycles. The molecule has 0 saturated carbocycles. The number of aromatic nitrogens is 4. The zero-order valence-corrected chi connectivity index (χ0v) is 47.3. The molecule has 9 rings (SSSR count). The van der Waals surface area contributed by atoms with Gasteiger partial charge in [-0.05, 0) is 109 Å². The molecule has 78 heavy (non-hydrogen) atoms. The summed E-state index contributed by atoms with van der Waals surface area (Å²) in [4.78, 5) is 77.0. The summed E-state index contributed by atoms with van der Waals surface area (Å²) in [6.45, 7) is 15.6. The molecule has 406 valence electrons. The molecule has 16 nitrogen and oxygen atoms in total. The Morgan fingerprint density at radius 3 is 2.26 bits per heavy atom. The first-order valence-electron chi connectivity index (χ1n) is 26.0. The minimum absolute atomic E-state index is 0.0421. The zero-order chi connectivity index (χ0) is 55.6.